The molecule has 110 valence electrons. The molecule has 0 radical (unpaired) electrons. The molecule has 1 unspecified atom stereocenters. The van der Waals surface area contributed by atoms with Crippen LogP contribution in [0.2, 0.25) is 0 Å². The van der Waals surface area contributed by atoms with Crippen molar-refractivity contribution < 1.29 is 4.79 Å². The summed E-state index contributed by atoms with van der Waals surface area (Å²) in [6, 6.07) is 3.86. The van der Waals surface area contributed by atoms with Crippen molar-refractivity contribution in [3.05, 3.63) is 23.9 Å². The number of thioether (sulfide) groups is 1. The standard InChI is InChI=1S/C16H24N2OS/c1-3-14(20-13-9-5-4-6-10-13)16(19)18-15-12(2)8-7-11-17-15/h7-8,11,13-14H,3-6,9-10H2,1-2H3,(H,17,18,19). The van der Waals surface area contributed by atoms with Gasteiger partial charge in [0.05, 0.1) is 5.25 Å². The fourth-order valence-corrected chi connectivity index (χ4v) is 4.04. The third-order valence-corrected chi connectivity index (χ3v) is 5.56. The SMILES string of the molecule is CCC(SC1CCCCC1)C(=O)Nc1ncccc1C. The lowest BCUT2D eigenvalue weighted by molar-refractivity contribution is -0.115. The number of nitrogens with zero attached hydrogens (tertiary/aromatic N) is 1. The van der Waals surface area contributed by atoms with Crippen molar-refractivity contribution in [2.24, 2.45) is 0 Å². The number of rotatable bonds is 5. The van der Waals surface area contributed by atoms with Crippen LogP contribution < -0.4 is 5.32 Å². The highest BCUT2D eigenvalue weighted by Crippen LogP contribution is 2.32. The van der Waals surface area contributed by atoms with Crippen LogP contribution in [0.3, 0.4) is 0 Å². The van der Waals surface area contributed by atoms with Crippen LogP contribution in [-0.4, -0.2) is 21.4 Å². The third kappa shape index (κ3) is 4.23. The first kappa shape index (κ1) is 15.4. The van der Waals surface area contributed by atoms with E-state index in [1.54, 1.807) is 6.20 Å². The second-order valence-corrected chi connectivity index (χ2v) is 6.96. The van der Waals surface area contributed by atoms with Gasteiger partial charge in [-0.2, -0.15) is 0 Å². The number of aryl methyl sites for hydroxylation is 1. The fraction of sp³-hybridized carbons (Fsp3) is 0.625. The van der Waals surface area contributed by atoms with E-state index < -0.39 is 0 Å². The first-order valence-corrected chi connectivity index (χ1v) is 8.53. The molecule has 1 atom stereocenters. The fourth-order valence-electron chi connectivity index (χ4n) is 2.59. The van der Waals surface area contributed by atoms with Gasteiger partial charge in [-0.15, -0.1) is 11.8 Å². The summed E-state index contributed by atoms with van der Waals surface area (Å²) in [6.07, 6.45) is 9.10. The number of pyridine rings is 1. The predicted molar refractivity (Wildman–Crippen MR) is 86.1 cm³/mol. The Hall–Kier alpha value is -1.03. The van der Waals surface area contributed by atoms with Gasteiger partial charge in [-0.25, -0.2) is 4.98 Å². The maximum atomic E-state index is 12.4. The molecule has 1 N–H and O–H groups in total. The van der Waals surface area contributed by atoms with E-state index >= 15 is 0 Å². The molecule has 1 heterocycles. The summed E-state index contributed by atoms with van der Waals surface area (Å²) >= 11 is 1.86. The quantitative estimate of drug-likeness (QED) is 0.885. The zero-order valence-electron chi connectivity index (χ0n) is 12.4. The molecular weight excluding hydrogens is 268 g/mol. The van der Waals surface area contributed by atoms with Crippen LogP contribution in [0.5, 0.6) is 0 Å². The molecule has 4 heteroatoms. The minimum atomic E-state index is 0.0412. The summed E-state index contributed by atoms with van der Waals surface area (Å²) in [5, 5.41) is 3.68. The van der Waals surface area contributed by atoms with Crippen molar-refractivity contribution in [3.8, 4) is 0 Å². The highest BCUT2D eigenvalue weighted by molar-refractivity contribution is 8.01. The molecule has 1 saturated carbocycles. The van der Waals surface area contributed by atoms with Gasteiger partial charge in [0.15, 0.2) is 0 Å². The highest BCUT2D eigenvalue weighted by Gasteiger charge is 2.24. The molecule has 1 amide bonds. The Kier molecular flexibility index (Phi) is 5.89. The number of carbonyl (C=O) groups is 1. The van der Waals surface area contributed by atoms with Gasteiger partial charge in [-0.3, -0.25) is 4.79 Å². The summed E-state index contributed by atoms with van der Waals surface area (Å²) in [6.45, 7) is 4.06. The van der Waals surface area contributed by atoms with Crippen LogP contribution in [0, 0.1) is 6.92 Å². The lowest BCUT2D eigenvalue weighted by Gasteiger charge is -2.25. The average Bonchev–Trinajstić information content (AvgIpc) is 2.48. The normalized spacial score (nSPS) is 17.7. The van der Waals surface area contributed by atoms with Crippen molar-refractivity contribution in [1.82, 2.24) is 4.98 Å². The van der Waals surface area contributed by atoms with E-state index in [0.29, 0.717) is 11.1 Å². The molecule has 1 aliphatic rings. The molecule has 1 aromatic rings. The molecule has 0 aliphatic heterocycles. The van der Waals surface area contributed by atoms with E-state index in [0.717, 1.165) is 12.0 Å². The second-order valence-electron chi connectivity index (χ2n) is 5.45. The van der Waals surface area contributed by atoms with Gasteiger partial charge in [0, 0.05) is 11.4 Å². The molecule has 0 aromatic carbocycles. The minimum Gasteiger partial charge on any atom is -0.310 e. The Labute approximate surface area is 125 Å². The van der Waals surface area contributed by atoms with Gasteiger partial charge < -0.3 is 5.32 Å². The van der Waals surface area contributed by atoms with E-state index in [9.17, 15) is 4.79 Å². The van der Waals surface area contributed by atoms with E-state index in [2.05, 4.69) is 17.2 Å². The maximum Gasteiger partial charge on any atom is 0.238 e. The molecule has 0 bridgehead atoms. The first-order chi connectivity index (χ1) is 9.70. The van der Waals surface area contributed by atoms with Crippen LogP contribution in [0.4, 0.5) is 5.82 Å². The molecule has 20 heavy (non-hydrogen) atoms. The van der Waals surface area contributed by atoms with Gasteiger partial charge in [0.25, 0.3) is 0 Å². The van der Waals surface area contributed by atoms with Gasteiger partial charge in [0.2, 0.25) is 5.91 Å². The van der Waals surface area contributed by atoms with Crippen molar-refractivity contribution in [3.63, 3.8) is 0 Å². The smallest absolute Gasteiger partial charge is 0.238 e. The van der Waals surface area contributed by atoms with Crippen LogP contribution in [0.25, 0.3) is 0 Å². The van der Waals surface area contributed by atoms with Crippen LogP contribution >= 0.6 is 11.8 Å². The number of nitrogens with one attached hydrogen (secondary N) is 1. The van der Waals surface area contributed by atoms with Crippen LogP contribution in [0.15, 0.2) is 18.3 Å². The van der Waals surface area contributed by atoms with E-state index in [1.165, 1.54) is 32.1 Å². The molecule has 3 nitrogen and oxygen atoms in total. The number of amides is 1. The number of aromatic nitrogens is 1. The van der Waals surface area contributed by atoms with Gasteiger partial charge in [0.1, 0.15) is 5.82 Å². The third-order valence-electron chi connectivity index (χ3n) is 3.82. The van der Waals surface area contributed by atoms with E-state index in [4.69, 9.17) is 0 Å². The van der Waals surface area contributed by atoms with Crippen LogP contribution in [0.1, 0.15) is 51.0 Å². The number of hydrogen-bond donors (Lipinski definition) is 1. The molecule has 1 fully saturated rings. The second kappa shape index (κ2) is 7.67. The molecule has 1 aliphatic carbocycles. The monoisotopic (exact) mass is 292 g/mol. The largest absolute Gasteiger partial charge is 0.310 e. The Morgan fingerprint density at radius 3 is 2.85 bits per heavy atom. The Balaban J connectivity index is 1.93. The Morgan fingerprint density at radius 2 is 2.20 bits per heavy atom. The zero-order valence-corrected chi connectivity index (χ0v) is 13.2. The number of hydrogen-bond acceptors (Lipinski definition) is 3. The molecule has 0 saturated heterocycles. The average molecular weight is 292 g/mol. The Bertz CT molecular complexity index is 444. The van der Waals surface area contributed by atoms with Gasteiger partial charge in [-0.1, -0.05) is 32.3 Å². The summed E-state index contributed by atoms with van der Waals surface area (Å²) in [5.74, 6) is 0.796. The lowest BCUT2D eigenvalue weighted by atomic mass is 10.0. The molecular formula is C16H24N2OS. The van der Waals surface area contributed by atoms with E-state index in [1.807, 2.05) is 30.8 Å². The summed E-state index contributed by atoms with van der Waals surface area (Å²) in [4.78, 5) is 16.6. The first-order valence-electron chi connectivity index (χ1n) is 7.58. The van der Waals surface area contributed by atoms with Gasteiger partial charge >= 0.3 is 0 Å². The van der Waals surface area contributed by atoms with Crippen molar-refractivity contribution in [2.75, 3.05) is 5.32 Å². The molecule has 0 spiro atoms. The summed E-state index contributed by atoms with van der Waals surface area (Å²) in [5.41, 5.74) is 1.01. The van der Waals surface area contributed by atoms with Crippen molar-refractivity contribution in [1.29, 1.82) is 0 Å². The topological polar surface area (TPSA) is 42.0 Å². The van der Waals surface area contributed by atoms with Crippen LogP contribution in [-0.2, 0) is 4.79 Å². The predicted octanol–water partition coefficient (Wildman–Crippen LogP) is 4.17. The summed E-state index contributed by atoms with van der Waals surface area (Å²) in [7, 11) is 0. The maximum absolute atomic E-state index is 12.4. The lowest BCUT2D eigenvalue weighted by Crippen LogP contribution is -2.28. The zero-order chi connectivity index (χ0) is 14.4. The number of carbonyl (C=O) groups excluding carboxylic acids is 1. The molecule has 1 aromatic heterocycles. The summed E-state index contributed by atoms with van der Waals surface area (Å²) < 4.78 is 0. The molecule has 2 rings (SSSR count). The minimum absolute atomic E-state index is 0.0412. The van der Waals surface area contributed by atoms with Gasteiger partial charge in [-0.05, 0) is 37.8 Å². The van der Waals surface area contributed by atoms with E-state index in [-0.39, 0.29) is 11.2 Å². The number of anilines is 1. The highest BCUT2D eigenvalue weighted by atomic mass is 32.2. The Morgan fingerprint density at radius 1 is 1.45 bits per heavy atom. The van der Waals surface area contributed by atoms with Crippen molar-refractivity contribution in [2.45, 2.75) is 62.9 Å². The van der Waals surface area contributed by atoms with Crippen molar-refractivity contribution >= 4 is 23.5 Å².